The third kappa shape index (κ3) is 4.92. The van der Waals surface area contributed by atoms with E-state index in [0.717, 1.165) is 18.4 Å². The number of sulfonamides is 1. The van der Waals surface area contributed by atoms with E-state index in [2.05, 4.69) is 29.3 Å². The number of piperazine rings is 1. The largest absolute Gasteiger partial charge is 0.349 e. The minimum Gasteiger partial charge on any atom is -0.349 e. The third-order valence-corrected chi connectivity index (χ3v) is 10.0. The Labute approximate surface area is 203 Å². The van der Waals surface area contributed by atoms with Crippen molar-refractivity contribution in [1.29, 1.82) is 0 Å². The molecule has 0 spiro atoms. The molecule has 34 heavy (non-hydrogen) atoms. The smallest absolute Gasteiger partial charge is 0.251 e. The van der Waals surface area contributed by atoms with Crippen LogP contribution in [0.2, 0.25) is 0 Å². The van der Waals surface area contributed by atoms with Gasteiger partial charge in [0.15, 0.2) is 0 Å². The predicted molar refractivity (Wildman–Crippen MR) is 133 cm³/mol. The monoisotopic (exact) mass is 481 g/mol. The summed E-state index contributed by atoms with van der Waals surface area (Å²) in [6.45, 7) is 5.20. The summed E-state index contributed by atoms with van der Waals surface area (Å²) in [5, 5.41) is 3.16. The molecular weight excluding hydrogens is 446 g/mol. The average molecular weight is 482 g/mol. The lowest BCUT2D eigenvalue weighted by Crippen LogP contribution is -2.48. The number of rotatable bonds is 7. The molecular formula is C27H35N3O3S. The molecule has 3 fully saturated rings. The molecule has 1 amide bonds. The Morgan fingerprint density at radius 3 is 2.44 bits per heavy atom. The van der Waals surface area contributed by atoms with Gasteiger partial charge in [0.25, 0.3) is 5.91 Å². The Balaban J connectivity index is 1.20. The van der Waals surface area contributed by atoms with Gasteiger partial charge >= 0.3 is 0 Å². The summed E-state index contributed by atoms with van der Waals surface area (Å²) in [5.41, 5.74) is 1.65. The Hall–Kier alpha value is -2.22. The maximum Gasteiger partial charge on any atom is 0.251 e. The summed E-state index contributed by atoms with van der Waals surface area (Å²) in [4.78, 5) is 15.4. The molecule has 1 aliphatic heterocycles. The van der Waals surface area contributed by atoms with Gasteiger partial charge in [-0.15, -0.1) is 0 Å². The van der Waals surface area contributed by atoms with Gasteiger partial charge in [-0.3, -0.25) is 9.69 Å². The van der Waals surface area contributed by atoms with Gasteiger partial charge in [0, 0.05) is 44.3 Å². The van der Waals surface area contributed by atoms with Crippen LogP contribution in [-0.4, -0.2) is 55.8 Å². The van der Waals surface area contributed by atoms with Crippen LogP contribution in [0.4, 0.5) is 0 Å². The number of benzene rings is 2. The average Bonchev–Trinajstić information content (AvgIpc) is 3.49. The Morgan fingerprint density at radius 1 is 1.00 bits per heavy atom. The first-order valence-electron chi connectivity index (χ1n) is 12.6. The topological polar surface area (TPSA) is 69.7 Å². The second-order valence-corrected chi connectivity index (χ2v) is 12.2. The van der Waals surface area contributed by atoms with E-state index in [-0.39, 0.29) is 16.8 Å². The third-order valence-electron chi connectivity index (χ3n) is 8.11. The summed E-state index contributed by atoms with van der Waals surface area (Å²) in [6.07, 6.45) is 5.12. The molecule has 0 unspecified atom stereocenters. The molecule has 182 valence electrons. The zero-order valence-corrected chi connectivity index (χ0v) is 20.7. The molecule has 2 bridgehead atoms. The number of carbonyl (C=O) groups excluding carboxylic acids is 1. The van der Waals surface area contributed by atoms with Crippen LogP contribution in [0, 0.1) is 17.8 Å². The first kappa shape index (κ1) is 23.5. The van der Waals surface area contributed by atoms with Crippen LogP contribution < -0.4 is 5.32 Å². The van der Waals surface area contributed by atoms with Crippen molar-refractivity contribution in [3.8, 4) is 0 Å². The van der Waals surface area contributed by atoms with Gasteiger partial charge in [-0.25, -0.2) is 8.42 Å². The van der Waals surface area contributed by atoms with Gasteiger partial charge in [-0.1, -0.05) is 42.8 Å². The molecule has 2 aromatic rings. The van der Waals surface area contributed by atoms with Gasteiger partial charge in [0.05, 0.1) is 4.90 Å². The number of hydrogen-bond donors (Lipinski definition) is 1. The zero-order valence-electron chi connectivity index (χ0n) is 19.9. The second-order valence-electron chi connectivity index (χ2n) is 10.3. The van der Waals surface area contributed by atoms with Crippen LogP contribution in [-0.2, 0) is 16.6 Å². The molecule has 1 saturated heterocycles. The summed E-state index contributed by atoms with van der Waals surface area (Å²) in [6, 6.07) is 16.9. The van der Waals surface area contributed by atoms with Gasteiger partial charge in [0.2, 0.25) is 10.0 Å². The first-order chi connectivity index (χ1) is 16.4. The SMILES string of the molecule is C[C@H](NC(=O)c1cccc(S(=O)(=O)N2CCN(Cc3ccccc3)CC2)c1)[C@H]1C[C@H]2CC[C@H]1C2. The minimum atomic E-state index is -3.64. The number of hydrogen-bond acceptors (Lipinski definition) is 4. The molecule has 7 heteroatoms. The molecule has 2 aliphatic carbocycles. The van der Waals surface area contributed by atoms with Crippen LogP contribution in [0.3, 0.4) is 0 Å². The van der Waals surface area contributed by atoms with Crippen LogP contribution in [0.25, 0.3) is 0 Å². The summed E-state index contributed by atoms with van der Waals surface area (Å²) in [5.74, 6) is 1.92. The van der Waals surface area contributed by atoms with Gasteiger partial charge in [0.1, 0.15) is 0 Å². The highest BCUT2D eigenvalue weighted by Gasteiger charge is 2.42. The predicted octanol–water partition coefficient (Wildman–Crippen LogP) is 3.75. The molecule has 6 nitrogen and oxygen atoms in total. The summed E-state index contributed by atoms with van der Waals surface area (Å²) >= 11 is 0. The first-order valence-corrected chi connectivity index (χ1v) is 14.0. The second kappa shape index (κ2) is 9.80. The standard InChI is InChI=1S/C27H35N3O3S/c1-20(26-17-22-10-11-23(26)16-22)28-27(31)24-8-5-9-25(18-24)34(32,33)30-14-12-29(13-15-30)19-21-6-3-2-4-7-21/h2-9,18,20,22-23,26H,10-17,19H2,1H3,(H,28,31)/t20-,22-,23-,26+/m0/s1. The lowest BCUT2D eigenvalue weighted by atomic mass is 9.84. The fourth-order valence-corrected chi connectivity index (χ4v) is 7.69. The van der Waals surface area contributed by atoms with Crippen molar-refractivity contribution in [2.75, 3.05) is 26.2 Å². The lowest BCUT2D eigenvalue weighted by Gasteiger charge is -2.34. The quantitative estimate of drug-likeness (QED) is 0.654. The van der Waals surface area contributed by atoms with Crippen LogP contribution in [0.15, 0.2) is 59.5 Å². The van der Waals surface area contributed by atoms with Crippen LogP contribution in [0.5, 0.6) is 0 Å². The number of carbonyl (C=O) groups is 1. The number of fused-ring (bicyclic) bond motifs is 2. The molecule has 5 rings (SSSR count). The fraction of sp³-hybridized carbons (Fsp3) is 0.519. The number of amides is 1. The van der Waals surface area contributed by atoms with Crippen molar-refractivity contribution in [3.63, 3.8) is 0 Å². The molecule has 2 aromatic carbocycles. The van der Waals surface area contributed by atoms with E-state index in [1.165, 1.54) is 37.3 Å². The van der Waals surface area contributed by atoms with Gasteiger partial charge in [-0.2, -0.15) is 4.31 Å². The number of nitrogens with one attached hydrogen (secondary N) is 1. The number of nitrogens with zero attached hydrogens (tertiary/aromatic N) is 2. The van der Waals surface area contributed by atoms with Gasteiger partial charge in [-0.05, 0) is 67.7 Å². The Kier molecular flexibility index (Phi) is 6.78. The highest BCUT2D eigenvalue weighted by atomic mass is 32.2. The zero-order chi connectivity index (χ0) is 23.7. The van der Waals surface area contributed by atoms with E-state index in [1.807, 2.05) is 18.2 Å². The van der Waals surface area contributed by atoms with Crippen molar-refractivity contribution >= 4 is 15.9 Å². The molecule has 2 saturated carbocycles. The fourth-order valence-electron chi connectivity index (χ4n) is 6.22. The van der Waals surface area contributed by atoms with Crippen molar-refractivity contribution in [2.45, 2.75) is 50.1 Å². The van der Waals surface area contributed by atoms with Gasteiger partial charge < -0.3 is 5.32 Å². The van der Waals surface area contributed by atoms with E-state index >= 15 is 0 Å². The Morgan fingerprint density at radius 2 is 1.76 bits per heavy atom. The van der Waals surface area contributed by atoms with E-state index in [0.29, 0.717) is 37.7 Å². The van der Waals surface area contributed by atoms with Crippen molar-refractivity contribution in [3.05, 3.63) is 65.7 Å². The highest BCUT2D eigenvalue weighted by Crippen LogP contribution is 2.49. The molecule has 0 aromatic heterocycles. The van der Waals surface area contributed by atoms with Crippen molar-refractivity contribution < 1.29 is 13.2 Å². The van der Waals surface area contributed by atoms with Crippen molar-refractivity contribution in [2.24, 2.45) is 17.8 Å². The maximum atomic E-state index is 13.3. The van der Waals surface area contributed by atoms with Crippen LogP contribution >= 0.6 is 0 Å². The Bertz CT molecular complexity index is 1110. The maximum absolute atomic E-state index is 13.3. The summed E-state index contributed by atoms with van der Waals surface area (Å²) in [7, 11) is -3.64. The molecule has 1 heterocycles. The van der Waals surface area contributed by atoms with Crippen LogP contribution in [0.1, 0.15) is 48.5 Å². The molecule has 4 atom stereocenters. The molecule has 3 aliphatic rings. The van der Waals surface area contributed by atoms with Crippen molar-refractivity contribution in [1.82, 2.24) is 14.5 Å². The minimum absolute atomic E-state index is 0.112. The van der Waals surface area contributed by atoms with E-state index in [9.17, 15) is 13.2 Å². The highest BCUT2D eigenvalue weighted by molar-refractivity contribution is 7.89. The van der Waals surface area contributed by atoms with E-state index < -0.39 is 10.0 Å². The summed E-state index contributed by atoms with van der Waals surface area (Å²) < 4.78 is 28.2. The molecule has 1 N–H and O–H groups in total. The normalized spacial score (nSPS) is 26.4. The molecule has 0 radical (unpaired) electrons. The van der Waals surface area contributed by atoms with E-state index in [4.69, 9.17) is 0 Å². The van der Waals surface area contributed by atoms with E-state index in [1.54, 1.807) is 22.5 Å². The lowest BCUT2D eigenvalue weighted by molar-refractivity contribution is 0.0915.